The molecule has 2 N–H and O–H groups in total. The molecule has 0 saturated heterocycles. The number of anilines is 1. The number of aromatic nitrogens is 3. The molecule has 0 fully saturated rings. The Labute approximate surface area is 144 Å². The third-order valence-electron chi connectivity index (χ3n) is 3.58. The van der Waals surface area contributed by atoms with Crippen LogP contribution in [0.1, 0.15) is 16.1 Å². The van der Waals surface area contributed by atoms with Gasteiger partial charge in [0.05, 0.1) is 18.4 Å². The monoisotopic (exact) mass is 360 g/mol. The second-order valence-corrected chi connectivity index (χ2v) is 7.18. The first-order valence-electron chi connectivity index (χ1n) is 7.34. The maximum Gasteiger partial charge on any atom is 0.352 e. The Kier molecular flexibility index (Phi) is 4.32. The fourth-order valence-electron chi connectivity index (χ4n) is 2.38. The lowest BCUT2D eigenvalue weighted by atomic mass is 10.2. The molecule has 0 saturated carbocycles. The Bertz CT molecular complexity index is 1010. The van der Waals surface area contributed by atoms with Crippen LogP contribution >= 0.6 is 0 Å². The average molecular weight is 360 g/mol. The summed E-state index contributed by atoms with van der Waals surface area (Å²) in [4.78, 5) is 10.9. The Morgan fingerprint density at radius 3 is 2.60 bits per heavy atom. The highest BCUT2D eigenvalue weighted by atomic mass is 32.2. The van der Waals surface area contributed by atoms with Crippen LogP contribution in [0.15, 0.2) is 59.9 Å². The van der Waals surface area contributed by atoms with Crippen LogP contribution < -0.4 is 4.72 Å². The van der Waals surface area contributed by atoms with Crippen LogP contribution in [-0.2, 0) is 23.6 Å². The molecule has 0 amide bonds. The number of nitrogens with one attached hydrogen (secondary N) is 1. The first kappa shape index (κ1) is 16.8. The smallest absolute Gasteiger partial charge is 0.352 e. The van der Waals surface area contributed by atoms with Crippen molar-refractivity contribution in [2.75, 3.05) is 4.72 Å². The van der Waals surface area contributed by atoms with E-state index in [2.05, 4.69) is 9.82 Å². The topological polar surface area (TPSA) is 106 Å². The maximum absolute atomic E-state index is 12.4. The van der Waals surface area contributed by atoms with E-state index in [9.17, 15) is 13.2 Å². The van der Waals surface area contributed by atoms with Crippen LogP contribution in [0.5, 0.6) is 0 Å². The number of carboxylic acids is 1. The molecule has 0 atom stereocenters. The summed E-state index contributed by atoms with van der Waals surface area (Å²) in [6, 6.07) is 10.7. The lowest BCUT2D eigenvalue weighted by Crippen LogP contribution is -2.11. The Morgan fingerprint density at radius 2 is 1.96 bits per heavy atom. The number of aromatic carboxylic acids is 1. The summed E-state index contributed by atoms with van der Waals surface area (Å²) < 4.78 is 30.1. The fraction of sp³-hybridized carbons (Fsp3) is 0.125. The number of aryl methyl sites for hydroxylation is 1. The van der Waals surface area contributed by atoms with E-state index in [1.807, 2.05) is 30.3 Å². The lowest BCUT2D eigenvalue weighted by Gasteiger charge is -2.03. The molecule has 0 radical (unpaired) electrons. The summed E-state index contributed by atoms with van der Waals surface area (Å²) in [5.41, 5.74) is 1.23. The zero-order chi connectivity index (χ0) is 18.0. The van der Waals surface area contributed by atoms with Gasteiger partial charge >= 0.3 is 5.97 Å². The minimum atomic E-state index is -3.90. The van der Waals surface area contributed by atoms with Crippen molar-refractivity contribution >= 4 is 21.7 Å². The van der Waals surface area contributed by atoms with Crippen molar-refractivity contribution in [1.29, 1.82) is 0 Å². The number of nitrogens with zero attached hydrogens (tertiary/aromatic N) is 3. The molecule has 1 aromatic carbocycles. The van der Waals surface area contributed by atoms with Gasteiger partial charge in [-0.25, -0.2) is 13.2 Å². The third kappa shape index (κ3) is 3.72. The summed E-state index contributed by atoms with van der Waals surface area (Å²) in [5.74, 6) is -1.19. The number of sulfonamides is 1. The second kappa shape index (κ2) is 6.44. The summed E-state index contributed by atoms with van der Waals surface area (Å²) in [7, 11) is -2.42. The number of hydrogen-bond acceptors (Lipinski definition) is 4. The van der Waals surface area contributed by atoms with Gasteiger partial charge < -0.3 is 9.67 Å². The van der Waals surface area contributed by atoms with Crippen LogP contribution in [0.4, 0.5) is 5.69 Å². The van der Waals surface area contributed by atoms with Gasteiger partial charge in [-0.15, -0.1) is 0 Å². The molecule has 25 heavy (non-hydrogen) atoms. The summed E-state index contributed by atoms with van der Waals surface area (Å²) >= 11 is 0. The van der Waals surface area contributed by atoms with Crippen molar-refractivity contribution in [3.05, 3.63) is 66.2 Å². The highest BCUT2D eigenvalue weighted by molar-refractivity contribution is 7.92. The van der Waals surface area contributed by atoms with Crippen LogP contribution in [-0.4, -0.2) is 33.8 Å². The van der Waals surface area contributed by atoms with E-state index in [4.69, 9.17) is 5.11 Å². The van der Waals surface area contributed by atoms with Crippen LogP contribution in [0.3, 0.4) is 0 Å². The quantitative estimate of drug-likeness (QED) is 0.697. The zero-order valence-corrected chi connectivity index (χ0v) is 14.1. The van der Waals surface area contributed by atoms with Crippen molar-refractivity contribution in [3.63, 3.8) is 0 Å². The first-order valence-corrected chi connectivity index (χ1v) is 8.82. The predicted molar refractivity (Wildman–Crippen MR) is 91.0 cm³/mol. The molecule has 0 unspecified atom stereocenters. The second-order valence-electron chi connectivity index (χ2n) is 5.49. The van der Waals surface area contributed by atoms with Crippen molar-refractivity contribution in [3.8, 4) is 0 Å². The molecule has 0 aliphatic heterocycles. The Balaban J connectivity index is 1.78. The largest absolute Gasteiger partial charge is 0.477 e. The molecule has 3 rings (SSSR count). The van der Waals surface area contributed by atoms with Crippen LogP contribution in [0.2, 0.25) is 0 Å². The number of hydrogen-bond donors (Lipinski definition) is 2. The molecular weight excluding hydrogens is 344 g/mol. The standard InChI is InChI=1S/C16H16N4O4S/c1-19-11-14(7-15(19)16(21)22)25(23,24)18-13-8-17-20(10-13)9-12-5-3-2-4-6-12/h2-8,10-11,18H,9H2,1H3,(H,21,22). The molecule has 2 aromatic heterocycles. The fourth-order valence-corrected chi connectivity index (χ4v) is 3.48. The van der Waals surface area contributed by atoms with E-state index in [1.54, 1.807) is 10.9 Å². The van der Waals surface area contributed by atoms with Crippen molar-refractivity contribution < 1.29 is 18.3 Å². The summed E-state index contributed by atoms with van der Waals surface area (Å²) in [5, 5.41) is 13.2. The summed E-state index contributed by atoms with van der Waals surface area (Å²) in [6.45, 7) is 0.511. The van der Waals surface area contributed by atoms with Gasteiger partial charge in [0.1, 0.15) is 10.6 Å². The predicted octanol–water partition coefficient (Wildman–Crippen LogP) is 1.77. The Hall–Kier alpha value is -3.07. The highest BCUT2D eigenvalue weighted by Gasteiger charge is 2.20. The number of rotatable bonds is 6. The number of carboxylic acid groups (broad SMARTS) is 1. The van der Waals surface area contributed by atoms with Gasteiger partial charge in [-0.3, -0.25) is 9.40 Å². The normalized spacial score (nSPS) is 11.4. The van der Waals surface area contributed by atoms with Gasteiger partial charge in [0.25, 0.3) is 10.0 Å². The molecule has 130 valence electrons. The van der Waals surface area contributed by atoms with Gasteiger partial charge in [0, 0.05) is 19.4 Å². The van der Waals surface area contributed by atoms with Crippen molar-refractivity contribution in [2.45, 2.75) is 11.4 Å². The van der Waals surface area contributed by atoms with Gasteiger partial charge in [0.2, 0.25) is 0 Å². The van der Waals surface area contributed by atoms with Gasteiger partial charge in [0.15, 0.2) is 0 Å². The maximum atomic E-state index is 12.4. The minimum Gasteiger partial charge on any atom is -0.477 e. The molecule has 0 spiro atoms. The Morgan fingerprint density at radius 1 is 1.24 bits per heavy atom. The SMILES string of the molecule is Cn1cc(S(=O)(=O)Nc2cnn(Cc3ccccc3)c2)cc1C(=O)O. The van der Waals surface area contributed by atoms with E-state index in [-0.39, 0.29) is 10.6 Å². The van der Waals surface area contributed by atoms with Crippen LogP contribution in [0.25, 0.3) is 0 Å². The van der Waals surface area contributed by atoms with Gasteiger partial charge in [-0.05, 0) is 11.6 Å². The number of benzene rings is 1. The molecule has 2 heterocycles. The molecular formula is C16H16N4O4S. The average Bonchev–Trinajstić information content (AvgIpc) is 3.15. The van der Waals surface area contributed by atoms with Crippen molar-refractivity contribution in [1.82, 2.24) is 14.3 Å². The van der Waals surface area contributed by atoms with E-state index in [0.717, 1.165) is 11.6 Å². The molecule has 8 nitrogen and oxygen atoms in total. The van der Waals surface area contributed by atoms with Gasteiger partial charge in [-0.1, -0.05) is 30.3 Å². The lowest BCUT2D eigenvalue weighted by molar-refractivity contribution is 0.0686. The molecule has 9 heteroatoms. The molecule has 0 bridgehead atoms. The molecule has 0 aliphatic rings. The van der Waals surface area contributed by atoms with E-state index >= 15 is 0 Å². The van der Waals surface area contributed by atoms with E-state index in [1.165, 1.54) is 24.0 Å². The first-order chi connectivity index (χ1) is 11.8. The van der Waals surface area contributed by atoms with E-state index < -0.39 is 16.0 Å². The third-order valence-corrected chi connectivity index (χ3v) is 4.93. The zero-order valence-electron chi connectivity index (χ0n) is 13.3. The minimum absolute atomic E-state index is 0.111. The molecule has 0 aliphatic carbocycles. The van der Waals surface area contributed by atoms with Crippen molar-refractivity contribution in [2.24, 2.45) is 7.05 Å². The molecule has 3 aromatic rings. The summed E-state index contributed by atoms with van der Waals surface area (Å²) in [6.07, 6.45) is 4.23. The van der Waals surface area contributed by atoms with Gasteiger partial charge in [-0.2, -0.15) is 5.10 Å². The van der Waals surface area contributed by atoms with Crippen LogP contribution in [0, 0.1) is 0 Å². The highest BCUT2D eigenvalue weighted by Crippen LogP contribution is 2.18. The van der Waals surface area contributed by atoms with E-state index in [0.29, 0.717) is 12.2 Å². The number of carbonyl (C=O) groups is 1.